The molecule has 18 heavy (non-hydrogen) atoms. The molecule has 0 amide bonds. The standard InChI is InChI=1S/C13H17F4N/c1-8(7-18-3)9(2)10-4-5-12(14)11(6-10)13(15,16)17/h4-6,8-9,18H,7H2,1-3H3. The highest BCUT2D eigenvalue weighted by molar-refractivity contribution is 5.29. The maximum atomic E-state index is 13.1. The van der Waals surface area contributed by atoms with Gasteiger partial charge in [0, 0.05) is 0 Å². The van der Waals surface area contributed by atoms with Crippen LogP contribution in [0.2, 0.25) is 0 Å². The van der Waals surface area contributed by atoms with Crippen molar-refractivity contribution in [2.24, 2.45) is 5.92 Å². The van der Waals surface area contributed by atoms with Gasteiger partial charge < -0.3 is 5.32 Å². The summed E-state index contributed by atoms with van der Waals surface area (Å²) in [5.41, 5.74) is -0.685. The van der Waals surface area contributed by atoms with E-state index in [4.69, 9.17) is 0 Å². The van der Waals surface area contributed by atoms with Crippen LogP contribution < -0.4 is 5.32 Å². The lowest BCUT2D eigenvalue weighted by molar-refractivity contribution is -0.140. The largest absolute Gasteiger partial charge is 0.419 e. The molecule has 0 heterocycles. The molecule has 1 rings (SSSR count). The molecule has 0 aromatic heterocycles. The molecule has 2 unspecified atom stereocenters. The number of benzene rings is 1. The average Bonchev–Trinajstić information content (AvgIpc) is 2.27. The third kappa shape index (κ3) is 3.45. The predicted octanol–water partition coefficient (Wildman–Crippen LogP) is 3.80. The monoisotopic (exact) mass is 263 g/mol. The van der Waals surface area contributed by atoms with E-state index in [0.717, 1.165) is 12.1 Å². The molecule has 0 spiro atoms. The quantitative estimate of drug-likeness (QED) is 0.815. The lowest BCUT2D eigenvalue weighted by Crippen LogP contribution is -2.21. The number of rotatable bonds is 4. The van der Waals surface area contributed by atoms with Gasteiger partial charge in [0.25, 0.3) is 0 Å². The molecule has 1 N–H and O–H groups in total. The molecule has 102 valence electrons. The van der Waals surface area contributed by atoms with Crippen molar-refractivity contribution >= 4 is 0 Å². The molecular weight excluding hydrogens is 246 g/mol. The molecule has 0 saturated heterocycles. The summed E-state index contributed by atoms with van der Waals surface area (Å²) in [7, 11) is 1.79. The Morgan fingerprint density at radius 3 is 2.33 bits per heavy atom. The number of hydrogen-bond acceptors (Lipinski definition) is 1. The van der Waals surface area contributed by atoms with E-state index >= 15 is 0 Å². The highest BCUT2D eigenvalue weighted by Gasteiger charge is 2.34. The van der Waals surface area contributed by atoms with Crippen molar-refractivity contribution < 1.29 is 17.6 Å². The highest BCUT2D eigenvalue weighted by atomic mass is 19.4. The summed E-state index contributed by atoms with van der Waals surface area (Å²) in [5, 5.41) is 2.98. The van der Waals surface area contributed by atoms with Crippen LogP contribution >= 0.6 is 0 Å². The normalized spacial score (nSPS) is 15.5. The van der Waals surface area contributed by atoms with E-state index in [1.807, 2.05) is 13.8 Å². The van der Waals surface area contributed by atoms with Gasteiger partial charge in [-0.1, -0.05) is 19.9 Å². The second-order valence-corrected chi connectivity index (χ2v) is 4.56. The first-order valence-electron chi connectivity index (χ1n) is 5.78. The van der Waals surface area contributed by atoms with Gasteiger partial charge in [0.05, 0.1) is 5.56 Å². The topological polar surface area (TPSA) is 12.0 Å². The van der Waals surface area contributed by atoms with Crippen LogP contribution in [0.4, 0.5) is 17.6 Å². The first-order valence-corrected chi connectivity index (χ1v) is 5.78. The predicted molar refractivity (Wildman–Crippen MR) is 62.9 cm³/mol. The van der Waals surface area contributed by atoms with Gasteiger partial charge in [-0.25, -0.2) is 4.39 Å². The summed E-state index contributed by atoms with van der Waals surface area (Å²) in [4.78, 5) is 0. The molecule has 0 aliphatic rings. The Bertz CT molecular complexity index is 400. The molecular formula is C13H17F4N. The highest BCUT2D eigenvalue weighted by Crippen LogP contribution is 2.34. The minimum absolute atomic E-state index is 0.0702. The number of nitrogens with one attached hydrogen (secondary N) is 1. The lowest BCUT2D eigenvalue weighted by atomic mass is 9.88. The van der Waals surface area contributed by atoms with E-state index in [1.54, 1.807) is 7.05 Å². The van der Waals surface area contributed by atoms with Gasteiger partial charge in [-0.3, -0.25) is 0 Å². The van der Waals surface area contributed by atoms with Crippen LogP contribution in [0.3, 0.4) is 0 Å². The summed E-state index contributed by atoms with van der Waals surface area (Å²) in [5.74, 6) is -1.12. The van der Waals surface area contributed by atoms with E-state index in [2.05, 4.69) is 5.32 Å². The van der Waals surface area contributed by atoms with Crippen LogP contribution in [0.5, 0.6) is 0 Å². The van der Waals surface area contributed by atoms with Crippen molar-refractivity contribution in [1.29, 1.82) is 0 Å². The van der Waals surface area contributed by atoms with E-state index in [1.165, 1.54) is 6.07 Å². The van der Waals surface area contributed by atoms with Crippen molar-refractivity contribution in [3.63, 3.8) is 0 Å². The second-order valence-electron chi connectivity index (χ2n) is 4.56. The van der Waals surface area contributed by atoms with Gasteiger partial charge in [0.2, 0.25) is 0 Å². The second kappa shape index (κ2) is 5.69. The number of halogens is 4. The van der Waals surface area contributed by atoms with Gasteiger partial charge in [-0.2, -0.15) is 13.2 Å². The van der Waals surface area contributed by atoms with Gasteiger partial charge in [-0.15, -0.1) is 0 Å². The molecule has 5 heteroatoms. The zero-order valence-corrected chi connectivity index (χ0v) is 10.6. The van der Waals surface area contributed by atoms with E-state index in [-0.39, 0.29) is 11.8 Å². The minimum Gasteiger partial charge on any atom is -0.319 e. The first-order chi connectivity index (χ1) is 8.27. The molecule has 0 fully saturated rings. The molecule has 0 aliphatic carbocycles. The van der Waals surface area contributed by atoms with Crippen molar-refractivity contribution in [2.75, 3.05) is 13.6 Å². The van der Waals surface area contributed by atoms with Crippen molar-refractivity contribution in [3.8, 4) is 0 Å². The summed E-state index contributed by atoms with van der Waals surface area (Å²) < 4.78 is 50.9. The molecule has 1 nitrogen and oxygen atoms in total. The number of alkyl halides is 3. The first kappa shape index (κ1) is 15.0. The molecule has 0 saturated carbocycles. The van der Waals surface area contributed by atoms with Crippen LogP contribution in [0.1, 0.15) is 30.9 Å². The van der Waals surface area contributed by atoms with Gasteiger partial charge in [0.15, 0.2) is 0 Å². The zero-order chi connectivity index (χ0) is 13.9. The van der Waals surface area contributed by atoms with Gasteiger partial charge >= 0.3 is 6.18 Å². The molecule has 0 aliphatic heterocycles. The third-order valence-electron chi connectivity index (χ3n) is 3.20. The minimum atomic E-state index is -4.65. The summed E-state index contributed by atoms with van der Waals surface area (Å²) >= 11 is 0. The maximum absolute atomic E-state index is 13.1. The molecule has 0 radical (unpaired) electrons. The Kier molecular flexibility index (Phi) is 4.73. The van der Waals surface area contributed by atoms with E-state index in [9.17, 15) is 17.6 Å². The molecule has 1 aromatic carbocycles. The molecule has 2 atom stereocenters. The fraction of sp³-hybridized carbons (Fsp3) is 0.538. The van der Waals surface area contributed by atoms with E-state index < -0.39 is 17.6 Å². The van der Waals surface area contributed by atoms with Crippen LogP contribution in [0.25, 0.3) is 0 Å². The van der Waals surface area contributed by atoms with Crippen molar-refractivity contribution in [2.45, 2.75) is 25.9 Å². The van der Waals surface area contributed by atoms with Crippen LogP contribution in [0, 0.1) is 11.7 Å². The van der Waals surface area contributed by atoms with Crippen molar-refractivity contribution in [1.82, 2.24) is 5.32 Å². The zero-order valence-electron chi connectivity index (χ0n) is 10.6. The summed E-state index contributed by atoms with van der Waals surface area (Å²) in [6, 6.07) is 3.22. The van der Waals surface area contributed by atoms with Gasteiger partial charge in [0.1, 0.15) is 5.82 Å². The van der Waals surface area contributed by atoms with Crippen LogP contribution in [-0.2, 0) is 6.18 Å². The SMILES string of the molecule is CNCC(C)C(C)c1ccc(F)c(C(F)(F)F)c1. The smallest absolute Gasteiger partial charge is 0.319 e. The Hall–Kier alpha value is -1.10. The summed E-state index contributed by atoms with van der Waals surface area (Å²) in [6.07, 6.45) is -4.65. The van der Waals surface area contributed by atoms with Crippen molar-refractivity contribution in [3.05, 3.63) is 35.1 Å². The number of hydrogen-bond donors (Lipinski definition) is 1. The molecule has 1 aromatic rings. The Balaban J connectivity index is 3.05. The Labute approximate surface area is 104 Å². The van der Waals surface area contributed by atoms with Gasteiger partial charge in [-0.05, 0) is 43.1 Å². The summed E-state index contributed by atoms with van der Waals surface area (Å²) in [6.45, 7) is 4.48. The van der Waals surface area contributed by atoms with E-state index in [0.29, 0.717) is 12.1 Å². The van der Waals surface area contributed by atoms with Crippen LogP contribution in [0.15, 0.2) is 18.2 Å². The average molecular weight is 263 g/mol. The third-order valence-corrected chi connectivity index (χ3v) is 3.20. The Morgan fingerprint density at radius 1 is 1.22 bits per heavy atom. The Morgan fingerprint density at radius 2 is 1.83 bits per heavy atom. The lowest BCUT2D eigenvalue weighted by Gasteiger charge is -2.21. The molecule has 0 bridgehead atoms. The van der Waals surface area contributed by atoms with Crippen LogP contribution in [-0.4, -0.2) is 13.6 Å². The fourth-order valence-corrected chi connectivity index (χ4v) is 1.87. The maximum Gasteiger partial charge on any atom is 0.419 e. The fourth-order valence-electron chi connectivity index (χ4n) is 1.87.